The van der Waals surface area contributed by atoms with Crippen LogP contribution in [0.5, 0.6) is 0 Å². The topological polar surface area (TPSA) is 78.5 Å². The van der Waals surface area contributed by atoms with E-state index >= 15 is 0 Å². The van der Waals surface area contributed by atoms with Crippen LogP contribution in [0.15, 0.2) is 36.9 Å². The second kappa shape index (κ2) is 8.29. The maximum Gasteiger partial charge on any atom is 0.253 e. The van der Waals surface area contributed by atoms with Crippen molar-refractivity contribution in [1.29, 1.82) is 0 Å². The third kappa shape index (κ3) is 4.68. The van der Waals surface area contributed by atoms with E-state index in [0.717, 1.165) is 0 Å². The summed E-state index contributed by atoms with van der Waals surface area (Å²) in [5.41, 5.74) is 1.25. The molecular formula is C18H23N3O3. The predicted molar refractivity (Wildman–Crippen MR) is 92.6 cm³/mol. The minimum absolute atomic E-state index is 0.0293. The summed E-state index contributed by atoms with van der Waals surface area (Å²) >= 11 is 0. The fraction of sp³-hybridized carbons (Fsp3) is 0.389. The summed E-state index contributed by atoms with van der Waals surface area (Å²) in [6, 6.07) is 6.83. The molecule has 24 heavy (non-hydrogen) atoms. The molecule has 6 heteroatoms. The van der Waals surface area contributed by atoms with Crippen LogP contribution in [0.2, 0.25) is 0 Å². The Hall–Kier alpha value is -2.63. The van der Waals surface area contributed by atoms with Crippen molar-refractivity contribution in [2.24, 2.45) is 5.92 Å². The molecule has 1 aliphatic rings. The first-order valence-electron chi connectivity index (χ1n) is 8.07. The molecule has 1 aromatic rings. The van der Waals surface area contributed by atoms with Crippen LogP contribution in [0.1, 0.15) is 30.1 Å². The Balaban J connectivity index is 1.89. The SMILES string of the molecule is C=CCNC(=O)C1CCN(C(=O)c2ccc(NC(C)=O)cc2)CC1. The zero-order chi connectivity index (χ0) is 17.5. The Kier molecular flexibility index (Phi) is 6.12. The van der Waals surface area contributed by atoms with Crippen molar-refractivity contribution in [3.8, 4) is 0 Å². The van der Waals surface area contributed by atoms with E-state index in [1.807, 2.05) is 0 Å². The maximum absolute atomic E-state index is 12.5. The lowest BCUT2D eigenvalue weighted by molar-refractivity contribution is -0.126. The molecule has 0 spiro atoms. The third-order valence-corrected chi connectivity index (χ3v) is 4.03. The van der Waals surface area contributed by atoms with E-state index in [-0.39, 0.29) is 23.6 Å². The van der Waals surface area contributed by atoms with Crippen molar-refractivity contribution in [1.82, 2.24) is 10.2 Å². The highest BCUT2D eigenvalue weighted by molar-refractivity contribution is 5.95. The highest BCUT2D eigenvalue weighted by atomic mass is 16.2. The van der Waals surface area contributed by atoms with Crippen LogP contribution in [0.25, 0.3) is 0 Å². The lowest BCUT2D eigenvalue weighted by Crippen LogP contribution is -2.43. The van der Waals surface area contributed by atoms with Crippen LogP contribution in [0.4, 0.5) is 5.69 Å². The summed E-state index contributed by atoms with van der Waals surface area (Å²) in [7, 11) is 0. The molecule has 0 bridgehead atoms. The van der Waals surface area contributed by atoms with Gasteiger partial charge in [0.15, 0.2) is 0 Å². The van der Waals surface area contributed by atoms with Crippen LogP contribution >= 0.6 is 0 Å². The van der Waals surface area contributed by atoms with Gasteiger partial charge in [0.25, 0.3) is 5.91 Å². The van der Waals surface area contributed by atoms with Crippen molar-refractivity contribution < 1.29 is 14.4 Å². The lowest BCUT2D eigenvalue weighted by atomic mass is 9.95. The maximum atomic E-state index is 12.5. The fourth-order valence-corrected chi connectivity index (χ4v) is 2.74. The van der Waals surface area contributed by atoms with Gasteiger partial charge in [0, 0.05) is 43.7 Å². The van der Waals surface area contributed by atoms with Gasteiger partial charge in [0.1, 0.15) is 0 Å². The summed E-state index contributed by atoms with van der Waals surface area (Å²) in [6.07, 6.45) is 2.98. The average molecular weight is 329 g/mol. The number of likely N-dealkylation sites (tertiary alicyclic amines) is 1. The van der Waals surface area contributed by atoms with Crippen molar-refractivity contribution in [2.45, 2.75) is 19.8 Å². The number of carbonyl (C=O) groups is 3. The number of rotatable bonds is 5. The van der Waals surface area contributed by atoms with E-state index < -0.39 is 0 Å². The molecule has 1 saturated heterocycles. The van der Waals surface area contributed by atoms with E-state index in [1.54, 1.807) is 35.2 Å². The van der Waals surface area contributed by atoms with Crippen molar-refractivity contribution in [3.05, 3.63) is 42.5 Å². The van der Waals surface area contributed by atoms with Crippen LogP contribution < -0.4 is 10.6 Å². The molecule has 3 amide bonds. The van der Waals surface area contributed by atoms with Crippen molar-refractivity contribution in [2.75, 3.05) is 25.0 Å². The number of piperidine rings is 1. The number of anilines is 1. The standard InChI is InChI=1S/C18H23N3O3/c1-3-10-19-17(23)14-8-11-21(12-9-14)18(24)15-4-6-16(7-5-15)20-13(2)22/h3-7,14H,1,8-12H2,2H3,(H,19,23)(H,20,22). The predicted octanol–water partition coefficient (Wildman–Crippen LogP) is 1.80. The molecular weight excluding hydrogens is 306 g/mol. The molecule has 0 unspecified atom stereocenters. The molecule has 0 atom stereocenters. The number of hydrogen-bond donors (Lipinski definition) is 2. The molecule has 1 fully saturated rings. The minimum atomic E-state index is -0.147. The molecule has 0 aliphatic carbocycles. The molecule has 2 rings (SSSR count). The second-order valence-corrected chi connectivity index (χ2v) is 5.86. The molecule has 128 valence electrons. The summed E-state index contributed by atoms with van der Waals surface area (Å²) in [6.45, 7) is 6.62. The zero-order valence-corrected chi connectivity index (χ0v) is 13.9. The molecule has 0 saturated carbocycles. The Labute approximate surface area is 141 Å². The summed E-state index contributed by atoms with van der Waals surface area (Å²) < 4.78 is 0. The average Bonchev–Trinajstić information content (AvgIpc) is 2.59. The second-order valence-electron chi connectivity index (χ2n) is 5.86. The van der Waals surface area contributed by atoms with Gasteiger partial charge >= 0.3 is 0 Å². The highest BCUT2D eigenvalue weighted by Gasteiger charge is 2.27. The first-order valence-corrected chi connectivity index (χ1v) is 8.07. The Bertz CT molecular complexity index is 617. The van der Waals surface area contributed by atoms with Gasteiger partial charge in [0.2, 0.25) is 11.8 Å². The quantitative estimate of drug-likeness (QED) is 0.809. The smallest absolute Gasteiger partial charge is 0.253 e. The first kappa shape index (κ1) is 17.7. The monoisotopic (exact) mass is 329 g/mol. The van der Waals surface area contributed by atoms with Gasteiger partial charge in [-0.3, -0.25) is 14.4 Å². The zero-order valence-electron chi connectivity index (χ0n) is 13.9. The van der Waals surface area contributed by atoms with Crippen LogP contribution in [0, 0.1) is 5.92 Å². The Morgan fingerprint density at radius 2 is 1.83 bits per heavy atom. The van der Waals surface area contributed by atoms with Crippen molar-refractivity contribution in [3.63, 3.8) is 0 Å². The molecule has 1 heterocycles. The molecule has 1 aliphatic heterocycles. The summed E-state index contributed by atoms with van der Waals surface area (Å²) in [5, 5.41) is 5.47. The number of carbonyl (C=O) groups excluding carboxylic acids is 3. The largest absolute Gasteiger partial charge is 0.352 e. The van der Waals surface area contributed by atoms with E-state index in [9.17, 15) is 14.4 Å². The number of hydrogen-bond acceptors (Lipinski definition) is 3. The molecule has 6 nitrogen and oxygen atoms in total. The fourth-order valence-electron chi connectivity index (χ4n) is 2.74. The summed E-state index contributed by atoms with van der Waals surface area (Å²) in [5.74, 6) is -0.210. The van der Waals surface area contributed by atoms with Crippen molar-refractivity contribution >= 4 is 23.4 Å². The Morgan fingerprint density at radius 3 is 2.38 bits per heavy atom. The molecule has 0 radical (unpaired) electrons. The van der Waals surface area contributed by atoms with Gasteiger partial charge in [-0.1, -0.05) is 6.08 Å². The van der Waals surface area contributed by atoms with E-state index in [0.29, 0.717) is 43.7 Å². The number of nitrogens with zero attached hydrogens (tertiary/aromatic N) is 1. The van der Waals surface area contributed by atoms with Gasteiger partial charge in [0.05, 0.1) is 0 Å². The van der Waals surface area contributed by atoms with Crippen LogP contribution in [-0.4, -0.2) is 42.3 Å². The number of amides is 3. The lowest BCUT2D eigenvalue weighted by Gasteiger charge is -2.31. The first-order chi connectivity index (χ1) is 11.5. The normalized spacial score (nSPS) is 14.8. The summed E-state index contributed by atoms with van der Waals surface area (Å²) in [4.78, 5) is 37.2. The molecule has 0 aromatic heterocycles. The van der Waals surface area contributed by atoms with Gasteiger partial charge in [-0.25, -0.2) is 0 Å². The van der Waals surface area contributed by atoms with Crippen LogP contribution in [-0.2, 0) is 9.59 Å². The number of nitrogens with one attached hydrogen (secondary N) is 2. The Morgan fingerprint density at radius 1 is 1.21 bits per heavy atom. The molecule has 1 aromatic carbocycles. The van der Waals surface area contributed by atoms with Gasteiger partial charge in [-0.05, 0) is 37.1 Å². The van der Waals surface area contributed by atoms with Gasteiger partial charge in [-0.15, -0.1) is 6.58 Å². The highest BCUT2D eigenvalue weighted by Crippen LogP contribution is 2.20. The van der Waals surface area contributed by atoms with E-state index in [2.05, 4.69) is 17.2 Å². The van der Waals surface area contributed by atoms with Gasteiger partial charge < -0.3 is 15.5 Å². The molecule has 2 N–H and O–H groups in total. The minimum Gasteiger partial charge on any atom is -0.352 e. The van der Waals surface area contributed by atoms with Crippen LogP contribution in [0.3, 0.4) is 0 Å². The van der Waals surface area contributed by atoms with Gasteiger partial charge in [-0.2, -0.15) is 0 Å². The number of benzene rings is 1. The van der Waals surface area contributed by atoms with E-state index in [4.69, 9.17) is 0 Å². The third-order valence-electron chi connectivity index (χ3n) is 4.03. The van der Waals surface area contributed by atoms with E-state index in [1.165, 1.54) is 6.92 Å².